The lowest BCUT2D eigenvalue weighted by molar-refractivity contribution is -0.161. The molecule has 8 heteroatoms. The highest BCUT2D eigenvalue weighted by Gasteiger charge is 2.56. The molecule has 0 aliphatic carbocycles. The molecule has 3 aliphatic heterocycles. The van der Waals surface area contributed by atoms with E-state index in [0.717, 1.165) is 17.7 Å². The number of carbonyl (C=O) groups excluding carboxylic acids is 2. The van der Waals surface area contributed by atoms with Crippen molar-refractivity contribution in [2.24, 2.45) is 5.92 Å². The molecule has 24 heavy (non-hydrogen) atoms. The van der Waals surface area contributed by atoms with E-state index in [-0.39, 0.29) is 28.8 Å². The van der Waals surface area contributed by atoms with Gasteiger partial charge in [0.15, 0.2) is 0 Å². The predicted molar refractivity (Wildman–Crippen MR) is 88.0 cm³/mol. The minimum Gasteiger partial charge on any atom is -0.477 e. The number of carboxylic acid groups (broad SMARTS) is 1. The summed E-state index contributed by atoms with van der Waals surface area (Å²) in [5, 5.41) is 19.5. The number of carbonyl (C=O) groups is 3. The molecule has 2 fully saturated rings. The Bertz CT molecular complexity index is 610. The molecule has 3 heterocycles. The average Bonchev–Trinajstić information content (AvgIpc) is 2.81. The second-order valence-electron chi connectivity index (χ2n) is 6.65. The molecular weight excluding hydrogens is 332 g/mol. The number of hydrogen-bond acceptors (Lipinski definition) is 5. The summed E-state index contributed by atoms with van der Waals surface area (Å²) in [4.78, 5) is 39.1. The number of fused-ring (bicyclic) bond motifs is 1. The molecule has 0 saturated carbocycles. The maximum Gasteiger partial charge on any atom is 0.353 e. The van der Waals surface area contributed by atoms with Crippen LogP contribution < -0.4 is 0 Å². The molecule has 0 aromatic heterocycles. The van der Waals surface area contributed by atoms with Gasteiger partial charge in [0.25, 0.3) is 0 Å². The fraction of sp³-hybridized carbons (Fsp3) is 0.688. The van der Waals surface area contributed by atoms with Crippen molar-refractivity contribution < 1.29 is 24.6 Å². The van der Waals surface area contributed by atoms with Crippen molar-refractivity contribution in [2.75, 3.05) is 13.1 Å². The van der Waals surface area contributed by atoms with Gasteiger partial charge in [-0.05, 0) is 19.8 Å². The number of nitrogens with zero attached hydrogens (tertiary/aromatic N) is 2. The maximum absolute atomic E-state index is 12.2. The number of aliphatic carboxylic acids is 1. The smallest absolute Gasteiger partial charge is 0.353 e. The first-order valence-corrected chi connectivity index (χ1v) is 9.09. The van der Waals surface area contributed by atoms with Crippen LogP contribution in [0.5, 0.6) is 0 Å². The van der Waals surface area contributed by atoms with Gasteiger partial charge in [0, 0.05) is 36.6 Å². The summed E-state index contributed by atoms with van der Waals surface area (Å²) >= 11 is 1.53. The number of hydrogen-bond donors (Lipinski definition) is 2. The number of likely N-dealkylation sites (tertiary alicyclic amines) is 1. The Morgan fingerprint density at radius 3 is 2.42 bits per heavy atom. The molecule has 0 aromatic carbocycles. The van der Waals surface area contributed by atoms with Gasteiger partial charge >= 0.3 is 5.97 Å². The largest absolute Gasteiger partial charge is 0.477 e. The number of piperidine rings is 1. The van der Waals surface area contributed by atoms with E-state index in [1.54, 1.807) is 18.7 Å². The van der Waals surface area contributed by atoms with Crippen molar-refractivity contribution in [1.29, 1.82) is 0 Å². The Labute approximate surface area is 144 Å². The van der Waals surface area contributed by atoms with E-state index in [1.807, 2.05) is 0 Å². The first-order chi connectivity index (χ1) is 11.3. The van der Waals surface area contributed by atoms with Crippen LogP contribution in [-0.2, 0) is 14.4 Å². The van der Waals surface area contributed by atoms with Gasteiger partial charge in [-0.2, -0.15) is 0 Å². The van der Waals surface area contributed by atoms with Crippen LogP contribution >= 0.6 is 11.8 Å². The van der Waals surface area contributed by atoms with Crippen molar-refractivity contribution in [3.8, 4) is 0 Å². The molecule has 0 bridgehead atoms. The van der Waals surface area contributed by atoms with Crippen molar-refractivity contribution in [3.05, 3.63) is 10.6 Å². The third-order valence-electron chi connectivity index (χ3n) is 5.09. The number of aliphatic hydroxyl groups is 1. The number of carboxylic acids is 1. The van der Waals surface area contributed by atoms with E-state index in [9.17, 15) is 24.6 Å². The second kappa shape index (κ2) is 6.40. The molecule has 132 valence electrons. The predicted octanol–water partition coefficient (Wildman–Crippen LogP) is 0.638. The fourth-order valence-electron chi connectivity index (χ4n) is 3.83. The average molecular weight is 354 g/mol. The lowest BCUT2D eigenvalue weighted by Gasteiger charge is -2.44. The van der Waals surface area contributed by atoms with Crippen LogP contribution in [0, 0.1) is 5.92 Å². The van der Waals surface area contributed by atoms with Gasteiger partial charge in [0.2, 0.25) is 11.8 Å². The number of rotatable bonds is 4. The van der Waals surface area contributed by atoms with E-state index < -0.39 is 18.0 Å². The van der Waals surface area contributed by atoms with Crippen molar-refractivity contribution >= 4 is 29.5 Å². The first-order valence-electron chi connectivity index (χ1n) is 8.21. The molecule has 2 N–H and O–H groups in total. The van der Waals surface area contributed by atoms with Crippen molar-refractivity contribution in [1.82, 2.24) is 9.80 Å². The third-order valence-corrected chi connectivity index (χ3v) is 6.54. The fourth-order valence-corrected chi connectivity index (χ4v) is 5.24. The molecule has 3 atom stereocenters. The summed E-state index contributed by atoms with van der Waals surface area (Å²) in [6.07, 6.45) is 1.37. The number of amides is 2. The lowest BCUT2D eigenvalue weighted by Crippen LogP contribution is -2.61. The molecular formula is C16H22N2O5S. The number of β-lactam (4-membered cyclic amide) rings is 1. The minimum atomic E-state index is -1.08. The maximum atomic E-state index is 12.2. The molecule has 3 aliphatic rings. The SMILES string of the molecule is CC(=O)N1CCC(SC2=C(C(=O)O)N3C(=O)[C@H]([C@@H](C)O)[C@H]3C2)CC1. The summed E-state index contributed by atoms with van der Waals surface area (Å²) in [5.74, 6) is -1.82. The molecule has 2 saturated heterocycles. The van der Waals surface area contributed by atoms with E-state index in [4.69, 9.17) is 0 Å². The van der Waals surface area contributed by atoms with Crippen LogP contribution in [-0.4, -0.2) is 68.3 Å². The van der Waals surface area contributed by atoms with Crippen LogP contribution in [0.2, 0.25) is 0 Å². The molecule has 0 radical (unpaired) electrons. The van der Waals surface area contributed by atoms with E-state index in [1.165, 1.54) is 16.7 Å². The zero-order chi connectivity index (χ0) is 17.6. The Hall–Kier alpha value is -1.54. The minimum absolute atomic E-state index is 0.0688. The van der Waals surface area contributed by atoms with Crippen molar-refractivity contribution in [3.63, 3.8) is 0 Å². The van der Waals surface area contributed by atoms with Gasteiger partial charge in [0.1, 0.15) is 5.70 Å². The Morgan fingerprint density at radius 2 is 1.92 bits per heavy atom. The van der Waals surface area contributed by atoms with Crippen LogP contribution in [0.3, 0.4) is 0 Å². The van der Waals surface area contributed by atoms with E-state index in [2.05, 4.69) is 0 Å². The summed E-state index contributed by atoms with van der Waals surface area (Å²) in [7, 11) is 0. The molecule has 2 amide bonds. The first kappa shape index (κ1) is 17.3. The molecule has 0 unspecified atom stereocenters. The standard InChI is InChI=1S/C16H22N2O5S/c1-8(19)13-11-7-12(14(16(22)23)18(11)15(13)21)24-10-3-5-17(6-4-10)9(2)20/h8,10-11,13,19H,3-7H2,1-2H3,(H,22,23)/t8-,11-,13-/m1/s1. The van der Waals surface area contributed by atoms with Crippen LogP contribution in [0.1, 0.15) is 33.1 Å². The molecule has 3 rings (SSSR count). The Kier molecular flexibility index (Phi) is 4.61. The highest BCUT2D eigenvalue weighted by molar-refractivity contribution is 8.03. The molecule has 0 aromatic rings. The normalized spacial score (nSPS) is 28.7. The molecule has 0 spiro atoms. The van der Waals surface area contributed by atoms with Gasteiger partial charge < -0.3 is 20.0 Å². The van der Waals surface area contributed by atoms with Crippen molar-refractivity contribution in [2.45, 2.75) is 50.5 Å². The highest BCUT2D eigenvalue weighted by atomic mass is 32.2. The van der Waals surface area contributed by atoms with E-state index >= 15 is 0 Å². The van der Waals surface area contributed by atoms with Crippen LogP contribution in [0.25, 0.3) is 0 Å². The van der Waals surface area contributed by atoms with Gasteiger partial charge in [-0.1, -0.05) is 0 Å². The second-order valence-corrected chi connectivity index (χ2v) is 8.04. The molecule has 7 nitrogen and oxygen atoms in total. The van der Waals surface area contributed by atoms with E-state index in [0.29, 0.717) is 19.5 Å². The number of thioether (sulfide) groups is 1. The van der Waals surface area contributed by atoms with Gasteiger partial charge in [-0.15, -0.1) is 11.8 Å². The lowest BCUT2D eigenvalue weighted by atomic mass is 9.83. The quantitative estimate of drug-likeness (QED) is 0.719. The van der Waals surface area contributed by atoms with Crippen LogP contribution in [0.4, 0.5) is 0 Å². The Balaban J connectivity index is 1.70. The summed E-state index contributed by atoms with van der Waals surface area (Å²) in [6.45, 7) is 4.50. The number of aliphatic hydroxyl groups excluding tert-OH is 1. The van der Waals surface area contributed by atoms with Gasteiger partial charge in [-0.25, -0.2) is 4.79 Å². The van der Waals surface area contributed by atoms with Gasteiger partial charge in [0.05, 0.1) is 18.1 Å². The monoisotopic (exact) mass is 354 g/mol. The summed E-state index contributed by atoms with van der Waals surface area (Å²) < 4.78 is 0. The van der Waals surface area contributed by atoms with Gasteiger partial charge in [-0.3, -0.25) is 9.59 Å². The Morgan fingerprint density at radius 1 is 1.29 bits per heavy atom. The zero-order valence-corrected chi connectivity index (χ0v) is 14.6. The topological polar surface area (TPSA) is 98.2 Å². The zero-order valence-electron chi connectivity index (χ0n) is 13.8. The van der Waals surface area contributed by atoms with Crippen LogP contribution in [0.15, 0.2) is 10.6 Å². The summed E-state index contributed by atoms with van der Waals surface area (Å²) in [6, 6.07) is -0.233. The third kappa shape index (κ3) is 2.82. The summed E-state index contributed by atoms with van der Waals surface area (Å²) in [5.41, 5.74) is 0.0842. The highest BCUT2D eigenvalue weighted by Crippen LogP contribution is 2.48.